The zero-order chi connectivity index (χ0) is 24.7. The number of aliphatic hydroxyl groups is 3. The molecule has 0 radical (unpaired) electrons. The summed E-state index contributed by atoms with van der Waals surface area (Å²) in [6.07, 6.45) is 3.71. The van der Waals surface area contributed by atoms with Crippen molar-refractivity contribution in [2.75, 3.05) is 6.61 Å². The molecule has 0 aromatic heterocycles. The lowest BCUT2D eigenvalue weighted by atomic mass is 9.75. The summed E-state index contributed by atoms with van der Waals surface area (Å²) in [6, 6.07) is -0.461. The number of rotatable bonds is 4. The minimum atomic E-state index is -4.80. The average Bonchev–Trinajstić information content (AvgIpc) is 3.16. The standard InChI is InChI=1S/C22H39N2O9P/c1-14-9-7-5-3-2-4-6-8-10-21-11-16(25)22(14,13-21)23-20(28)24(21)19-18(27)17(26)15(33-19)12-32-34(29,30)31/h14-19,25-27H,2-13H2,1H3,(H,23,28)(H2,29,30,31). The van der Waals surface area contributed by atoms with Crippen molar-refractivity contribution in [2.24, 2.45) is 5.92 Å². The average molecular weight is 507 g/mol. The second-order valence-electron chi connectivity index (χ2n) is 10.7. The first-order valence-corrected chi connectivity index (χ1v) is 14.0. The first-order valence-electron chi connectivity index (χ1n) is 12.5. The lowest BCUT2D eigenvalue weighted by Gasteiger charge is -2.52. The van der Waals surface area contributed by atoms with Crippen molar-refractivity contribution in [3.8, 4) is 0 Å². The van der Waals surface area contributed by atoms with Crippen LogP contribution < -0.4 is 5.32 Å². The van der Waals surface area contributed by atoms with Gasteiger partial charge in [0.05, 0.1) is 23.8 Å². The third-order valence-corrected chi connectivity index (χ3v) is 9.00. The van der Waals surface area contributed by atoms with E-state index in [1.54, 1.807) is 0 Å². The second-order valence-corrected chi connectivity index (χ2v) is 11.9. The summed E-state index contributed by atoms with van der Waals surface area (Å²) in [5.41, 5.74) is -1.51. The fraction of sp³-hybridized carbons (Fsp3) is 0.955. The number of nitrogens with one attached hydrogen (secondary N) is 1. The number of hydrogen-bond donors (Lipinski definition) is 6. The van der Waals surface area contributed by atoms with Crippen LogP contribution in [-0.4, -0.2) is 84.4 Å². The van der Waals surface area contributed by atoms with E-state index in [-0.39, 0.29) is 5.92 Å². The second kappa shape index (κ2) is 9.94. The van der Waals surface area contributed by atoms with Gasteiger partial charge in [-0.1, -0.05) is 51.9 Å². The van der Waals surface area contributed by atoms with Crippen LogP contribution in [0.25, 0.3) is 0 Å². The molecule has 0 spiro atoms. The van der Waals surface area contributed by atoms with Crippen LogP contribution in [0.3, 0.4) is 0 Å². The molecule has 12 heteroatoms. The maximum absolute atomic E-state index is 13.6. The normalized spacial score (nSPS) is 44.2. The summed E-state index contributed by atoms with van der Waals surface area (Å²) < 4.78 is 21.4. The Morgan fingerprint density at radius 3 is 2.41 bits per heavy atom. The van der Waals surface area contributed by atoms with E-state index in [0.717, 1.165) is 38.5 Å². The van der Waals surface area contributed by atoms with Crippen molar-refractivity contribution in [3.05, 3.63) is 0 Å². The zero-order valence-electron chi connectivity index (χ0n) is 19.7. The molecule has 8 atom stereocenters. The Balaban J connectivity index is 1.62. The topological polar surface area (TPSA) is 169 Å². The molecule has 4 rings (SSSR count). The predicted molar refractivity (Wildman–Crippen MR) is 120 cm³/mol. The Bertz CT molecular complexity index is 796. The van der Waals surface area contributed by atoms with Gasteiger partial charge < -0.3 is 35.2 Å². The highest BCUT2D eigenvalue weighted by Crippen LogP contribution is 2.53. The molecule has 2 aliphatic carbocycles. The molecular formula is C22H39N2O9P. The molecule has 6 N–H and O–H groups in total. The van der Waals surface area contributed by atoms with E-state index in [2.05, 4.69) is 16.8 Å². The number of urea groups is 1. The maximum Gasteiger partial charge on any atom is 0.469 e. The van der Waals surface area contributed by atoms with Gasteiger partial charge in [-0.2, -0.15) is 0 Å². The molecule has 2 saturated carbocycles. The third-order valence-electron chi connectivity index (χ3n) is 8.52. The Kier molecular flexibility index (Phi) is 7.68. The Hall–Kier alpha value is -0.780. The SMILES string of the molecule is CC1CCCCCCCCCC23CC(O)C1(C2)NC(=O)N3C1OC(COP(=O)(O)O)C(O)C1O. The van der Waals surface area contributed by atoms with Crippen LogP contribution in [0.2, 0.25) is 0 Å². The number of phosphoric acid groups is 1. The van der Waals surface area contributed by atoms with Gasteiger partial charge in [0.1, 0.15) is 18.3 Å². The smallest absolute Gasteiger partial charge is 0.391 e. The number of phosphoric ester groups is 1. The van der Waals surface area contributed by atoms with Gasteiger partial charge in [0.15, 0.2) is 6.23 Å². The van der Waals surface area contributed by atoms with E-state index in [9.17, 15) is 24.7 Å². The molecule has 11 nitrogen and oxygen atoms in total. The molecule has 4 aliphatic rings. The predicted octanol–water partition coefficient (Wildman–Crippen LogP) is 1.36. The van der Waals surface area contributed by atoms with Gasteiger partial charge in [-0.05, 0) is 31.6 Å². The van der Waals surface area contributed by atoms with E-state index >= 15 is 0 Å². The van der Waals surface area contributed by atoms with Crippen molar-refractivity contribution >= 4 is 13.9 Å². The van der Waals surface area contributed by atoms with Crippen LogP contribution in [0.4, 0.5) is 4.79 Å². The van der Waals surface area contributed by atoms with Gasteiger partial charge in [-0.25, -0.2) is 9.36 Å². The minimum Gasteiger partial charge on any atom is -0.391 e. The number of aliphatic hydroxyl groups excluding tert-OH is 3. The molecule has 2 aliphatic heterocycles. The van der Waals surface area contributed by atoms with Gasteiger partial charge in [-0.15, -0.1) is 0 Å². The van der Waals surface area contributed by atoms with Crippen molar-refractivity contribution in [3.63, 3.8) is 0 Å². The number of carbonyl (C=O) groups excluding carboxylic acids is 1. The van der Waals surface area contributed by atoms with Crippen molar-refractivity contribution in [1.82, 2.24) is 10.2 Å². The number of ether oxygens (including phenoxy) is 1. The molecule has 2 saturated heterocycles. The van der Waals surface area contributed by atoms with Gasteiger partial charge >= 0.3 is 13.9 Å². The molecule has 0 aromatic rings. The van der Waals surface area contributed by atoms with Crippen LogP contribution in [0.1, 0.15) is 77.6 Å². The van der Waals surface area contributed by atoms with Gasteiger partial charge in [0, 0.05) is 0 Å². The number of nitrogens with zero attached hydrogens (tertiary/aromatic N) is 1. The summed E-state index contributed by atoms with van der Waals surface area (Å²) in [6.45, 7) is 1.44. The third kappa shape index (κ3) is 4.91. The monoisotopic (exact) mass is 506 g/mol. The summed E-state index contributed by atoms with van der Waals surface area (Å²) in [5.74, 6) is 0.0700. The molecule has 34 heavy (non-hydrogen) atoms. The van der Waals surface area contributed by atoms with E-state index in [1.165, 1.54) is 17.7 Å². The van der Waals surface area contributed by atoms with E-state index < -0.39 is 62.2 Å². The summed E-state index contributed by atoms with van der Waals surface area (Å²) >= 11 is 0. The molecule has 4 fully saturated rings. The Labute approximate surface area is 200 Å². The fourth-order valence-electron chi connectivity index (χ4n) is 6.68. The molecule has 196 valence electrons. The highest BCUT2D eigenvalue weighted by Gasteiger charge is 2.66. The van der Waals surface area contributed by atoms with Gasteiger partial charge in [0.25, 0.3) is 0 Å². The lowest BCUT2D eigenvalue weighted by Crippen LogP contribution is -2.70. The van der Waals surface area contributed by atoms with Crippen molar-refractivity contribution in [1.29, 1.82) is 0 Å². The zero-order valence-corrected chi connectivity index (χ0v) is 20.6. The maximum atomic E-state index is 13.6. The highest BCUT2D eigenvalue weighted by molar-refractivity contribution is 7.46. The number of hydrogen-bond acceptors (Lipinski definition) is 7. The van der Waals surface area contributed by atoms with E-state index in [4.69, 9.17) is 14.5 Å². The number of carbonyl (C=O) groups is 1. The Morgan fingerprint density at radius 2 is 1.74 bits per heavy atom. The van der Waals surface area contributed by atoms with Crippen molar-refractivity contribution < 1.29 is 43.7 Å². The number of amides is 2. The molecule has 0 aromatic carbocycles. The lowest BCUT2D eigenvalue weighted by molar-refractivity contribution is -0.123. The largest absolute Gasteiger partial charge is 0.469 e. The van der Waals surface area contributed by atoms with Crippen LogP contribution in [0.5, 0.6) is 0 Å². The molecule has 2 amide bonds. The van der Waals surface area contributed by atoms with Crippen LogP contribution in [0.15, 0.2) is 0 Å². The molecule has 8 unspecified atom stereocenters. The Morgan fingerprint density at radius 1 is 1.09 bits per heavy atom. The van der Waals surface area contributed by atoms with E-state index in [0.29, 0.717) is 19.3 Å². The van der Waals surface area contributed by atoms with Gasteiger partial charge in [-0.3, -0.25) is 9.42 Å². The first-order chi connectivity index (χ1) is 16.0. The van der Waals surface area contributed by atoms with Crippen LogP contribution in [0, 0.1) is 5.92 Å². The molecule has 2 bridgehead atoms. The van der Waals surface area contributed by atoms with Crippen LogP contribution >= 0.6 is 7.82 Å². The quantitative estimate of drug-likeness (QED) is 0.308. The van der Waals surface area contributed by atoms with Gasteiger partial charge in [0.2, 0.25) is 0 Å². The molecule has 2 heterocycles. The summed E-state index contributed by atoms with van der Waals surface area (Å²) in [7, 11) is -4.80. The molecular weight excluding hydrogens is 467 g/mol. The summed E-state index contributed by atoms with van der Waals surface area (Å²) in [5, 5.41) is 35.6. The van der Waals surface area contributed by atoms with E-state index in [1.807, 2.05) is 0 Å². The fourth-order valence-corrected chi connectivity index (χ4v) is 7.02. The van der Waals surface area contributed by atoms with Crippen LogP contribution in [-0.2, 0) is 13.8 Å². The first kappa shape index (κ1) is 26.3. The van der Waals surface area contributed by atoms with Crippen molar-refractivity contribution in [2.45, 2.75) is 119 Å². The highest BCUT2D eigenvalue weighted by atomic mass is 31.2. The minimum absolute atomic E-state index is 0.0700. The summed E-state index contributed by atoms with van der Waals surface area (Å²) in [4.78, 5) is 33.0.